The Morgan fingerprint density at radius 1 is 1.50 bits per heavy atom. The number of amides is 1. The van der Waals surface area contributed by atoms with Gasteiger partial charge < -0.3 is 19.5 Å². The number of morpholine rings is 1. The Kier molecular flexibility index (Phi) is 7.25. The second-order valence-corrected chi connectivity index (χ2v) is 6.97. The summed E-state index contributed by atoms with van der Waals surface area (Å²) in [5.41, 5.74) is 0.868. The number of halogens is 1. The van der Waals surface area contributed by atoms with E-state index in [0.29, 0.717) is 37.0 Å². The number of carboxylic acids is 1. The van der Waals surface area contributed by atoms with E-state index < -0.39 is 12.1 Å². The molecule has 7 nitrogen and oxygen atoms in total. The molecular formula is C18H25ClN2O5. The Labute approximate surface area is 158 Å². The van der Waals surface area contributed by atoms with E-state index in [1.54, 1.807) is 42.0 Å². The fourth-order valence-corrected chi connectivity index (χ4v) is 3.14. The van der Waals surface area contributed by atoms with E-state index in [2.05, 4.69) is 0 Å². The molecule has 0 spiro atoms. The van der Waals surface area contributed by atoms with Crippen molar-refractivity contribution in [2.24, 2.45) is 0 Å². The molecule has 144 valence electrons. The van der Waals surface area contributed by atoms with Gasteiger partial charge in [0.1, 0.15) is 5.75 Å². The van der Waals surface area contributed by atoms with E-state index in [-0.39, 0.29) is 18.6 Å². The molecule has 8 heteroatoms. The highest BCUT2D eigenvalue weighted by atomic mass is 35.5. The van der Waals surface area contributed by atoms with E-state index in [0.717, 1.165) is 5.56 Å². The van der Waals surface area contributed by atoms with Gasteiger partial charge >= 0.3 is 5.97 Å². The van der Waals surface area contributed by atoms with Crippen LogP contribution in [-0.2, 0) is 14.3 Å². The summed E-state index contributed by atoms with van der Waals surface area (Å²) in [6.07, 6.45) is -0.855. The minimum atomic E-state index is -0.892. The summed E-state index contributed by atoms with van der Waals surface area (Å²) in [5, 5.41) is 9.45. The first-order valence-corrected chi connectivity index (χ1v) is 8.87. The van der Waals surface area contributed by atoms with E-state index in [9.17, 15) is 9.59 Å². The standard InChI is InChI=1S/C18H25ClN2O5/c1-12-8-14(19)4-5-16(12)26-13(2)18(24)21-6-7-25-15(10-21)9-20(3)11-17(22)23/h4-5,8,13,15H,6-7,9-11H2,1-3H3,(H,22,23). The molecule has 2 rings (SSSR count). The minimum Gasteiger partial charge on any atom is -0.481 e. The molecule has 0 aliphatic carbocycles. The van der Waals surface area contributed by atoms with Crippen LogP contribution in [0.1, 0.15) is 12.5 Å². The number of aliphatic carboxylic acids is 1. The highest BCUT2D eigenvalue weighted by Crippen LogP contribution is 2.23. The molecule has 1 saturated heterocycles. The van der Waals surface area contributed by atoms with Crippen molar-refractivity contribution in [3.8, 4) is 5.75 Å². The summed E-state index contributed by atoms with van der Waals surface area (Å²) in [6, 6.07) is 5.27. The van der Waals surface area contributed by atoms with Crippen molar-refractivity contribution in [3.63, 3.8) is 0 Å². The number of hydrogen-bond donors (Lipinski definition) is 1. The van der Waals surface area contributed by atoms with E-state index in [4.69, 9.17) is 26.2 Å². The van der Waals surface area contributed by atoms with Crippen molar-refractivity contribution in [1.82, 2.24) is 9.80 Å². The molecule has 2 atom stereocenters. The lowest BCUT2D eigenvalue weighted by Gasteiger charge is -2.35. The van der Waals surface area contributed by atoms with Crippen LogP contribution < -0.4 is 4.74 Å². The predicted octanol–water partition coefficient (Wildman–Crippen LogP) is 1.66. The number of rotatable bonds is 7. The highest BCUT2D eigenvalue weighted by Gasteiger charge is 2.29. The van der Waals surface area contributed by atoms with Crippen molar-refractivity contribution in [2.45, 2.75) is 26.1 Å². The van der Waals surface area contributed by atoms with Crippen molar-refractivity contribution in [1.29, 1.82) is 0 Å². The van der Waals surface area contributed by atoms with Crippen molar-refractivity contribution in [3.05, 3.63) is 28.8 Å². The van der Waals surface area contributed by atoms with Gasteiger partial charge in [0.05, 0.1) is 19.3 Å². The Morgan fingerprint density at radius 3 is 2.88 bits per heavy atom. The molecule has 1 aliphatic heterocycles. The Balaban J connectivity index is 1.92. The first-order valence-electron chi connectivity index (χ1n) is 8.49. The molecule has 1 fully saturated rings. The number of ether oxygens (including phenoxy) is 2. The summed E-state index contributed by atoms with van der Waals surface area (Å²) in [7, 11) is 1.72. The van der Waals surface area contributed by atoms with Crippen LogP contribution in [0.15, 0.2) is 18.2 Å². The first-order chi connectivity index (χ1) is 12.3. The van der Waals surface area contributed by atoms with E-state index >= 15 is 0 Å². The fourth-order valence-electron chi connectivity index (χ4n) is 2.92. The van der Waals surface area contributed by atoms with Crippen LogP contribution in [0.3, 0.4) is 0 Å². The molecule has 1 amide bonds. The number of carbonyl (C=O) groups is 2. The fraction of sp³-hybridized carbons (Fsp3) is 0.556. The molecule has 26 heavy (non-hydrogen) atoms. The molecule has 1 heterocycles. The summed E-state index contributed by atoms with van der Waals surface area (Å²) >= 11 is 5.94. The molecule has 1 aliphatic rings. The lowest BCUT2D eigenvalue weighted by Crippen LogP contribution is -2.52. The second kappa shape index (κ2) is 9.21. The number of carboxylic acid groups (broad SMARTS) is 1. The third kappa shape index (κ3) is 5.86. The van der Waals surface area contributed by atoms with Crippen LogP contribution >= 0.6 is 11.6 Å². The smallest absolute Gasteiger partial charge is 0.317 e. The summed E-state index contributed by atoms with van der Waals surface area (Å²) in [4.78, 5) is 26.8. The first kappa shape index (κ1) is 20.5. The molecule has 0 bridgehead atoms. The zero-order valence-corrected chi connectivity index (χ0v) is 16.0. The van der Waals surface area contributed by atoms with Gasteiger partial charge in [-0.25, -0.2) is 0 Å². The third-order valence-corrected chi connectivity index (χ3v) is 4.39. The van der Waals surface area contributed by atoms with Crippen LogP contribution in [0, 0.1) is 6.92 Å². The Hall–Kier alpha value is -1.83. The lowest BCUT2D eigenvalue weighted by atomic mass is 10.2. The maximum absolute atomic E-state index is 12.7. The van der Waals surface area contributed by atoms with Gasteiger partial charge in [-0.15, -0.1) is 0 Å². The molecule has 0 saturated carbocycles. The number of benzene rings is 1. The van der Waals surface area contributed by atoms with Gasteiger partial charge in [-0.05, 0) is 44.7 Å². The Bertz CT molecular complexity index is 654. The largest absolute Gasteiger partial charge is 0.481 e. The number of carbonyl (C=O) groups excluding carboxylic acids is 1. The molecule has 0 aromatic heterocycles. The Morgan fingerprint density at radius 2 is 2.23 bits per heavy atom. The van der Waals surface area contributed by atoms with Crippen LogP contribution in [0.2, 0.25) is 5.02 Å². The van der Waals surface area contributed by atoms with E-state index in [1.165, 1.54) is 0 Å². The van der Waals surface area contributed by atoms with Crippen LogP contribution in [0.5, 0.6) is 5.75 Å². The van der Waals surface area contributed by atoms with Gasteiger partial charge in [-0.2, -0.15) is 0 Å². The van der Waals surface area contributed by atoms with Gasteiger partial charge in [0, 0.05) is 24.7 Å². The minimum absolute atomic E-state index is 0.0663. The SMILES string of the molecule is Cc1cc(Cl)ccc1OC(C)C(=O)N1CCOC(CN(C)CC(=O)O)C1. The van der Waals surface area contributed by atoms with Gasteiger partial charge in [0.25, 0.3) is 5.91 Å². The molecule has 2 unspecified atom stereocenters. The maximum Gasteiger partial charge on any atom is 0.317 e. The van der Waals surface area contributed by atoms with E-state index in [1.807, 2.05) is 6.92 Å². The van der Waals surface area contributed by atoms with Crippen molar-refractivity contribution >= 4 is 23.5 Å². The summed E-state index contributed by atoms with van der Waals surface area (Å²) < 4.78 is 11.5. The quantitative estimate of drug-likeness (QED) is 0.770. The summed E-state index contributed by atoms with van der Waals surface area (Å²) in [5.74, 6) is -0.383. The van der Waals surface area contributed by atoms with Gasteiger partial charge in [-0.3, -0.25) is 14.5 Å². The molecule has 0 radical (unpaired) electrons. The van der Waals surface area contributed by atoms with Crippen LogP contribution in [0.25, 0.3) is 0 Å². The second-order valence-electron chi connectivity index (χ2n) is 6.54. The number of likely N-dealkylation sites (N-methyl/N-ethyl adjacent to an activating group) is 1. The number of hydrogen-bond acceptors (Lipinski definition) is 5. The normalized spacial score (nSPS) is 18.7. The van der Waals surface area contributed by atoms with Crippen molar-refractivity contribution in [2.75, 3.05) is 39.8 Å². The molecule has 1 aromatic carbocycles. The van der Waals surface area contributed by atoms with Gasteiger partial charge in [-0.1, -0.05) is 11.6 Å². The monoisotopic (exact) mass is 384 g/mol. The number of nitrogens with zero attached hydrogens (tertiary/aromatic N) is 2. The topological polar surface area (TPSA) is 79.3 Å². The molecule has 1 N–H and O–H groups in total. The zero-order valence-electron chi connectivity index (χ0n) is 15.3. The number of aryl methyl sites for hydroxylation is 1. The average molecular weight is 385 g/mol. The highest BCUT2D eigenvalue weighted by molar-refractivity contribution is 6.30. The van der Waals surface area contributed by atoms with Crippen molar-refractivity contribution < 1.29 is 24.2 Å². The van der Waals surface area contributed by atoms with Crippen LogP contribution in [-0.4, -0.2) is 78.8 Å². The predicted molar refractivity (Wildman–Crippen MR) is 97.7 cm³/mol. The molecule has 1 aromatic rings. The average Bonchev–Trinajstić information content (AvgIpc) is 2.56. The maximum atomic E-state index is 12.7. The molecular weight excluding hydrogens is 360 g/mol. The third-order valence-electron chi connectivity index (χ3n) is 4.16. The lowest BCUT2D eigenvalue weighted by molar-refractivity contribution is -0.147. The van der Waals surface area contributed by atoms with Gasteiger partial charge in [0.15, 0.2) is 6.10 Å². The summed E-state index contributed by atoms with van der Waals surface area (Å²) in [6.45, 7) is 5.30. The zero-order chi connectivity index (χ0) is 19.3. The van der Waals surface area contributed by atoms with Crippen LogP contribution in [0.4, 0.5) is 0 Å². The van der Waals surface area contributed by atoms with Gasteiger partial charge in [0.2, 0.25) is 0 Å².